The van der Waals surface area contributed by atoms with Crippen molar-refractivity contribution in [2.75, 3.05) is 32.8 Å². The van der Waals surface area contributed by atoms with Gasteiger partial charge in [0.2, 0.25) is 0 Å². The van der Waals surface area contributed by atoms with E-state index in [-0.39, 0.29) is 17.2 Å². The third-order valence-corrected chi connectivity index (χ3v) is 5.23. The van der Waals surface area contributed by atoms with Crippen LogP contribution in [0.5, 0.6) is 5.75 Å². The molecule has 0 aromatic heterocycles. The molecule has 0 aliphatic carbocycles. The first-order valence-corrected chi connectivity index (χ1v) is 10.1. The summed E-state index contributed by atoms with van der Waals surface area (Å²) in [6.07, 6.45) is -0.961. The molecular formula is C19H19Br2F2NO3. The molecule has 146 valence electrons. The van der Waals surface area contributed by atoms with Crippen LogP contribution in [0.2, 0.25) is 0 Å². The maximum atomic E-state index is 13.8. The first-order valence-electron chi connectivity index (χ1n) is 8.47. The van der Waals surface area contributed by atoms with Gasteiger partial charge in [-0.3, -0.25) is 4.90 Å². The first kappa shape index (κ1) is 20.7. The fraction of sp³-hybridized carbons (Fsp3) is 0.368. The van der Waals surface area contributed by atoms with E-state index in [4.69, 9.17) is 9.47 Å². The number of ether oxygens (including phenoxy) is 2. The van der Waals surface area contributed by atoms with Crippen molar-refractivity contribution in [1.29, 1.82) is 0 Å². The summed E-state index contributed by atoms with van der Waals surface area (Å²) in [7, 11) is 0. The van der Waals surface area contributed by atoms with Crippen molar-refractivity contribution < 1.29 is 23.4 Å². The van der Waals surface area contributed by atoms with Crippen molar-refractivity contribution in [2.45, 2.75) is 12.2 Å². The topological polar surface area (TPSA) is 41.9 Å². The SMILES string of the molecule is OC(COc1c(F)cc(Br)cc1F)CN1CCOC(c2ccc(Br)cc2)C1. The molecule has 27 heavy (non-hydrogen) atoms. The minimum absolute atomic E-state index is 0.0821. The molecule has 0 radical (unpaired) electrons. The Kier molecular flexibility index (Phi) is 7.22. The molecule has 8 heteroatoms. The molecule has 1 N–H and O–H groups in total. The Bertz CT molecular complexity index is 753. The zero-order valence-electron chi connectivity index (χ0n) is 14.4. The number of aliphatic hydroxyl groups is 1. The fourth-order valence-corrected chi connectivity index (χ4v) is 3.61. The number of nitrogens with zero attached hydrogens (tertiary/aromatic N) is 1. The highest BCUT2D eigenvalue weighted by atomic mass is 79.9. The number of halogens is 4. The molecule has 2 aromatic rings. The van der Waals surface area contributed by atoms with E-state index in [1.807, 2.05) is 24.3 Å². The van der Waals surface area contributed by atoms with Crippen LogP contribution < -0.4 is 4.74 Å². The molecule has 1 heterocycles. The maximum Gasteiger partial charge on any atom is 0.190 e. The molecule has 0 saturated carbocycles. The average Bonchev–Trinajstić information content (AvgIpc) is 2.61. The van der Waals surface area contributed by atoms with Crippen LogP contribution in [0.15, 0.2) is 45.3 Å². The van der Waals surface area contributed by atoms with E-state index in [1.54, 1.807) is 0 Å². The zero-order chi connectivity index (χ0) is 19.4. The summed E-state index contributed by atoms with van der Waals surface area (Å²) < 4.78 is 39.8. The number of morpholine rings is 1. The Hall–Kier alpha value is -1.06. The van der Waals surface area contributed by atoms with Gasteiger partial charge in [-0.25, -0.2) is 8.78 Å². The Morgan fingerprint density at radius 1 is 1.15 bits per heavy atom. The van der Waals surface area contributed by atoms with E-state index in [1.165, 1.54) is 0 Å². The largest absolute Gasteiger partial charge is 0.485 e. The minimum atomic E-state index is -0.879. The van der Waals surface area contributed by atoms with Crippen LogP contribution in [0.1, 0.15) is 11.7 Å². The quantitative estimate of drug-likeness (QED) is 0.634. The van der Waals surface area contributed by atoms with Gasteiger partial charge in [-0.05, 0) is 29.8 Å². The van der Waals surface area contributed by atoms with Crippen LogP contribution in [0, 0.1) is 11.6 Å². The minimum Gasteiger partial charge on any atom is -0.485 e. The molecule has 2 unspecified atom stereocenters. The zero-order valence-corrected chi connectivity index (χ0v) is 17.5. The van der Waals surface area contributed by atoms with Crippen molar-refractivity contribution in [3.8, 4) is 5.75 Å². The van der Waals surface area contributed by atoms with Crippen molar-refractivity contribution in [1.82, 2.24) is 4.90 Å². The Labute approximate surface area is 173 Å². The van der Waals surface area contributed by atoms with E-state index in [2.05, 4.69) is 36.8 Å². The lowest BCUT2D eigenvalue weighted by Gasteiger charge is -2.34. The van der Waals surface area contributed by atoms with Crippen molar-refractivity contribution >= 4 is 31.9 Å². The van der Waals surface area contributed by atoms with Gasteiger partial charge in [0.1, 0.15) is 12.7 Å². The standard InChI is InChI=1S/C19H19Br2F2NO3/c20-13-3-1-12(2-4-13)18-10-24(5-6-26-18)9-15(25)11-27-19-16(22)7-14(21)8-17(19)23/h1-4,7-8,15,18,25H,5-6,9-11H2. The van der Waals surface area contributed by atoms with Crippen LogP contribution in [-0.4, -0.2) is 49.0 Å². The number of rotatable bonds is 6. The smallest absolute Gasteiger partial charge is 0.190 e. The maximum absolute atomic E-state index is 13.8. The lowest BCUT2D eigenvalue weighted by Crippen LogP contribution is -2.43. The molecule has 2 atom stereocenters. The van der Waals surface area contributed by atoms with Crippen LogP contribution in [0.25, 0.3) is 0 Å². The average molecular weight is 507 g/mol. The molecule has 3 rings (SSSR count). The number of hydrogen-bond donors (Lipinski definition) is 1. The van der Waals surface area contributed by atoms with Gasteiger partial charge in [-0.15, -0.1) is 0 Å². The van der Waals surface area contributed by atoms with Crippen LogP contribution in [0.4, 0.5) is 8.78 Å². The lowest BCUT2D eigenvalue weighted by atomic mass is 10.1. The summed E-state index contributed by atoms with van der Waals surface area (Å²) in [4.78, 5) is 2.05. The number of aliphatic hydroxyl groups excluding tert-OH is 1. The summed E-state index contributed by atoms with van der Waals surface area (Å²) >= 11 is 6.43. The normalized spacial score (nSPS) is 19.1. The number of benzene rings is 2. The Morgan fingerprint density at radius 2 is 1.81 bits per heavy atom. The van der Waals surface area contributed by atoms with Gasteiger partial charge in [0, 0.05) is 28.6 Å². The molecule has 1 saturated heterocycles. The fourth-order valence-electron chi connectivity index (χ4n) is 2.94. The lowest BCUT2D eigenvalue weighted by molar-refractivity contribution is -0.0461. The van der Waals surface area contributed by atoms with Gasteiger partial charge >= 0.3 is 0 Å². The van der Waals surface area contributed by atoms with Gasteiger partial charge < -0.3 is 14.6 Å². The second-order valence-corrected chi connectivity index (χ2v) is 8.17. The second kappa shape index (κ2) is 9.43. The highest BCUT2D eigenvalue weighted by molar-refractivity contribution is 9.10. The Morgan fingerprint density at radius 3 is 2.48 bits per heavy atom. The first-order chi connectivity index (χ1) is 12.9. The van der Waals surface area contributed by atoms with E-state index in [9.17, 15) is 13.9 Å². The van der Waals surface area contributed by atoms with Gasteiger partial charge in [-0.1, -0.05) is 44.0 Å². The van der Waals surface area contributed by atoms with E-state index >= 15 is 0 Å². The molecular weight excluding hydrogens is 488 g/mol. The van der Waals surface area contributed by atoms with Gasteiger partial charge in [-0.2, -0.15) is 0 Å². The highest BCUT2D eigenvalue weighted by Gasteiger charge is 2.24. The molecule has 0 spiro atoms. The second-order valence-electron chi connectivity index (χ2n) is 6.33. The Balaban J connectivity index is 1.53. The predicted molar refractivity (Wildman–Crippen MR) is 105 cm³/mol. The molecule has 2 aromatic carbocycles. The van der Waals surface area contributed by atoms with Crippen molar-refractivity contribution in [3.05, 3.63) is 62.5 Å². The molecule has 1 fully saturated rings. The number of hydrogen-bond acceptors (Lipinski definition) is 4. The molecule has 0 bridgehead atoms. The van der Waals surface area contributed by atoms with Crippen LogP contribution in [-0.2, 0) is 4.74 Å². The van der Waals surface area contributed by atoms with Crippen molar-refractivity contribution in [3.63, 3.8) is 0 Å². The summed E-state index contributed by atoms with van der Waals surface area (Å²) in [5.41, 5.74) is 1.06. The van der Waals surface area contributed by atoms with E-state index in [0.717, 1.165) is 22.2 Å². The van der Waals surface area contributed by atoms with Crippen LogP contribution in [0.3, 0.4) is 0 Å². The summed E-state index contributed by atoms with van der Waals surface area (Å²) in [6.45, 7) is 1.97. The third kappa shape index (κ3) is 5.71. The molecule has 1 aliphatic rings. The number of β-amino-alcohol motifs (C(OH)–C–C–N with tert-alkyl or cyclic N) is 1. The van der Waals surface area contributed by atoms with Gasteiger partial charge in [0.25, 0.3) is 0 Å². The molecule has 1 aliphatic heterocycles. The summed E-state index contributed by atoms with van der Waals surface area (Å²) in [5.74, 6) is -2.10. The third-order valence-electron chi connectivity index (χ3n) is 4.24. The summed E-state index contributed by atoms with van der Waals surface area (Å²) in [5, 5.41) is 10.2. The molecule has 0 amide bonds. The summed E-state index contributed by atoms with van der Waals surface area (Å²) in [6, 6.07) is 10.2. The van der Waals surface area contributed by atoms with Gasteiger partial charge in [0.05, 0.1) is 12.7 Å². The molecule has 4 nitrogen and oxygen atoms in total. The predicted octanol–water partition coefficient (Wildman–Crippen LogP) is 4.30. The van der Waals surface area contributed by atoms with Gasteiger partial charge in [0.15, 0.2) is 17.4 Å². The van der Waals surface area contributed by atoms with Crippen molar-refractivity contribution in [2.24, 2.45) is 0 Å². The monoisotopic (exact) mass is 505 g/mol. The highest BCUT2D eigenvalue weighted by Crippen LogP contribution is 2.26. The van der Waals surface area contributed by atoms with E-state index < -0.39 is 23.5 Å². The van der Waals surface area contributed by atoms with E-state index in [0.29, 0.717) is 26.2 Å². The van der Waals surface area contributed by atoms with Crippen LogP contribution >= 0.6 is 31.9 Å².